The van der Waals surface area contributed by atoms with Crippen LogP contribution >= 0.6 is 0 Å². The maximum absolute atomic E-state index is 9.77. The third-order valence-corrected chi connectivity index (χ3v) is 5.59. The molecule has 2 aromatic carbocycles. The fourth-order valence-electron chi connectivity index (χ4n) is 4.01. The molecule has 2 heterocycles. The Morgan fingerprint density at radius 2 is 1.85 bits per heavy atom. The van der Waals surface area contributed by atoms with Crippen LogP contribution in [0.5, 0.6) is 0 Å². The first-order valence-electron chi connectivity index (χ1n) is 9.33. The molecule has 3 aromatic rings. The molecule has 0 aliphatic carbocycles. The summed E-state index contributed by atoms with van der Waals surface area (Å²) in [5.41, 5.74) is 5.73. The van der Waals surface area contributed by atoms with Crippen LogP contribution < -0.4 is 0 Å². The molecule has 130 valence electrons. The molecule has 1 aliphatic rings. The van der Waals surface area contributed by atoms with Crippen LogP contribution in [0.2, 0.25) is 0 Å². The van der Waals surface area contributed by atoms with Gasteiger partial charge in [-0.25, -0.2) is 4.98 Å². The molecule has 3 heteroatoms. The quantitative estimate of drug-likeness (QED) is 0.654. The van der Waals surface area contributed by atoms with Crippen molar-refractivity contribution in [3.05, 3.63) is 65.2 Å². The van der Waals surface area contributed by atoms with Crippen LogP contribution in [0.3, 0.4) is 0 Å². The lowest BCUT2D eigenvalue weighted by Crippen LogP contribution is -2.23. The van der Waals surface area contributed by atoms with Gasteiger partial charge in [-0.1, -0.05) is 36.4 Å². The maximum Gasteiger partial charge on any atom is 0.102 e. The van der Waals surface area contributed by atoms with E-state index in [0.717, 1.165) is 27.7 Å². The number of pyridine rings is 1. The van der Waals surface area contributed by atoms with E-state index in [1.165, 1.54) is 31.5 Å². The number of para-hydroxylation sites is 1. The van der Waals surface area contributed by atoms with Crippen molar-refractivity contribution in [2.75, 3.05) is 13.1 Å². The standard InChI is InChI=1S/C23H23N3/c1-16-20-10-3-4-11-22(20)25-23(21(16)15-24)19-9-7-8-18(14-19)17(2)26-12-5-6-13-26/h3-4,7-11,14,17H,5-6,12-13H2,1-2H3. The molecule has 0 saturated carbocycles. The third-order valence-electron chi connectivity index (χ3n) is 5.59. The molecule has 1 fully saturated rings. The van der Waals surface area contributed by atoms with Crippen molar-refractivity contribution in [2.45, 2.75) is 32.7 Å². The first kappa shape index (κ1) is 16.8. The zero-order chi connectivity index (χ0) is 18.1. The topological polar surface area (TPSA) is 39.9 Å². The summed E-state index contributed by atoms with van der Waals surface area (Å²) in [6.45, 7) is 6.63. The lowest BCUT2D eigenvalue weighted by atomic mass is 9.96. The highest BCUT2D eigenvalue weighted by Gasteiger charge is 2.20. The first-order valence-corrected chi connectivity index (χ1v) is 9.33. The van der Waals surface area contributed by atoms with Crippen molar-refractivity contribution < 1.29 is 0 Å². The van der Waals surface area contributed by atoms with Gasteiger partial charge >= 0.3 is 0 Å². The van der Waals surface area contributed by atoms with Gasteiger partial charge in [-0.05, 0) is 63.0 Å². The number of rotatable bonds is 3. The number of hydrogen-bond acceptors (Lipinski definition) is 3. The molecule has 1 saturated heterocycles. The van der Waals surface area contributed by atoms with Gasteiger partial charge in [-0.2, -0.15) is 5.26 Å². The SMILES string of the molecule is Cc1c(C#N)c(-c2cccc(C(C)N3CCCC3)c2)nc2ccccc12. The maximum atomic E-state index is 9.77. The molecular weight excluding hydrogens is 318 g/mol. The fraction of sp³-hybridized carbons (Fsp3) is 0.304. The molecule has 0 spiro atoms. The van der Waals surface area contributed by atoms with E-state index < -0.39 is 0 Å². The van der Waals surface area contributed by atoms with Crippen LogP contribution in [-0.2, 0) is 0 Å². The second-order valence-corrected chi connectivity index (χ2v) is 7.13. The van der Waals surface area contributed by atoms with Crippen molar-refractivity contribution in [1.29, 1.82) is 5.26 Å². The summed E-state index contributed by atoms with van der Waals surface area (Å²) in [5, 5.41) is 10.8. The Morgan fingerprint density at radius 3 is 2.62 bits per heavy atom. The van der Waals surface area contributed by atoms with E-state index in [9.17, 15) is 5.26 Å². The minimum absolute atomic E-state index is 0.393. The van der Waals surface area contributed by atoms with Crippen LogP contribution in [0.1, 0.15) is 42.5 Å². The number of benzene rings is 2. The number of likely N-dealkylation sites (tertiary alicyclic amines) is 1. The summed E-state index contributed by atoms with van der Waals surface area (Å²) >= 11 is 0. The van der Waals surface area contributed by atoms with E-state index in [0.29, 0.717) is 11.6 Å². The van der Waals surface area contributed by atoms with E-state index in [2.05, 4.69) is 42.2 Å². The number of nitriles is 1. The Morgan fingerprint density at radius 1 is 1.08 bits per heavy atom. The van der Waals surface area contributed by atoms with Gasteiger partial charge in [-0.3, -0.25) is 4.90 Å². The molecule has 1 atom stereocenters. The number of nitrogens with zero attached hydrogens (tertiary/aromatic N) is 3. The molecule has 0 amide bonds. The summed E-state index contributed by atoms with van der Waals surface area (Å²) < 4.78 is 0. The monoisotopic (exact) mass is 341 g/mol. The normalized spacial score (nSPS) is 15.9. The average Bonchev–Trinajstić information content (AvgIpc) is 3.22. The van der Waals surface area contributed by atoms with Gasteiger partial charge in [-0.15, -0.1) is 0 Å². The van der Waals surface area contributed by atoms with Gasteiger partial charge in [0.2, 0.25) is 0 Å². The minimum Gasteiger partial charge on any atom is -0.297 e. The molecule has 4 rings (SSSR count). The van der Waals surface area contributed by atoms with Crippen LogP contribution in [0.15, 0.2) is 48.5 Å². The molecular formula is C23H23N3. The molecule has 0 radical (unpaired) electrons. The lowest BCUT2D eigenvalue weighted by molar-refractivity contribution is 0.263. The van der Waals surface area contributed by atoms with E-state index in [1.54, 1.807) is 0 Å². The number of hydrogen-bond donors (Lipinski definition) is 0. The Kier molecular flexibility index (Phi) is 4.44. The second-order valence-electron chi connectivity index (χ2n) is 7.13. The van der Waals surface area contributed by atoms with Crippen LogP contribution in [0, 0.1) is 18.3 Å². The second kappa shape index (κ2) is 6.90. The van der Waals surface area contributed by atoms with Crippen LogP contribution in [-0.4, -0.2) is 23.0 Å². The average molecular weight is 341 g/mol. The Balaban J connectivity index is 1.83. The molecule has 1 aromatic heterocycles. The molecule has 1 aliphatic heterocycles. The van der Waals surface area contributed by atoms with Crippen molar-refractivity contribution in [3.8, 4) is 17.3 Å². The van der Waals surface area contributed by atoms with Gasteiger partial charge in [0.1, 0.15) is 6.07 Å². The summed E-state index contributed by atoms with van der Waals surface area (Å²) in [6.07, 6.45) is 2.57. The van der Waals surface area contributed by atoms with Crippen LogP contribution in [0.25, 0.3) is 22.2 Å². The molecule has 26 heavy (non-hydrogen) atoms. The smallest absolute Gasteiger partial charge is 0.102 e. The molecule has 1 unspecified atom stereocenters. The van der Waals surface area contributed by atoms with Gasteiger partial charge in [0.15, 0.2) is 0 Å². The summed E-state index contributed by atoms with van der Waals surface area (Å²) in [7, 11) is 0. The third kappa shape index (κ3) is 2.87. The van der Waals surface area contributed by atoms with E-state index in [4.69, 9.17) is 4.98 Å². The fourth-order valence-corrected chi connectivity index (χ4v) is 4.01. The van der Waals surface area contributed by atoms with Crippen molar-refractivity contribution in [2.24, 2.45) is 0 Å². The van der Waals surface area contributed by atoms with Gasteiger partial charge in [0.25, 0.3) is 0 Å². The van der Waals surface area contributed by atoms with Gasteiger partial charge in [0, 0.05) is 17.0 Å². The molecule has 3 nitrogen and oxygen atoms in total. The van der Waals surface area contributed by atoms with Crippen molar-refractivity contribution in [3.63, 3.8) is 0 Å². The van der Waals surface area contributed by atoms with E-state index >= 15 is 0 Å². The summed E-state index contributed by atoms with van der Waals surface area (Å²) in [4.78, 5) is 7.37. The highest BCUT2D eigenvalue weighted by Crippen LogP contribution is 2.32. The van der Waals surface area contributed by atoms with Gasteiger partial charge in [0.05, 0.1) is 16.8 Å². The number of fused-ring (bicyclic) bond motifs is 1. The number of aromatic nitrogens is 1. The van der Waals surface area contributed by atoms with Crippen molar-refractivity contribution >= 4 is 10.9 Å². The highest BCUT2D eigenvalue weighted by atomic mass is 15.2. The van der Waals surface area contributed by atoms with Crippen LogP contribution in [0.4, 0.5) is 0 Å². The zero-order valence-electron chi connectivity index (χ0n) is 15.4. The minimum atomic E-state index is 0.393. The Labute approximate surface area is 154 Å². The first-order chi connectivity index (χ1) is 12.7. The Hall–Kier alpha value is -2.70. The summed E-state index contributed by atoms with van der Waals surface area (Å²) in [5.74, 6) is 0. The highest BCUT2D eigenvalue weighted by molar-refractivity contribution is 5.88. The van der Waals surface area contributed by atoms with Gasteiger partial charge < -0.3 is 0 Å². The number of aryl methyl sites for hydroxylation is 1. The predicted molar refractivity (Wildman–Crippen MR) is 106 cm³/mol. The zero-order valence-corrected chi connectivity index (χ0v) is 15.4. The molecule has 0 N–H and O–H groups in total. The lowest BCUT2D eigenvalue weighted by Gasteiger charge is -2.24. The Bertz CT molecular complexity index is 994. The largest absolute Gasteiger partial charge is 0.297 e. The van der Waals surface area contributed by atoms with E-state index in [-0.39, 0.29) is 0 Å². The summed E-state index contributed by atoms with van der Waals surface area (Å²) in [6, 6.07) is 19.4. The predicted octanol–water partition coefficient (Wildman–Crippen LogP) is 5.24. The molecule has 0 bridgehead atoms. The van der Waals surface area contributed by atoms with Crippen molar-refractivity contribution in [1.82, 2.24) is 9.88 Å². The van der Waals surface area contributed by atoms with E-state index in [1.807, 2.05) is 31.2 Å².